The van der Waals surface area contributed by atoms with E-state index in [0.717, 1.165) is 29.9 Å². The molecule has 0 bridgehead atoms. The van der Waals surface area contributed by atoms with Gasteiger partial charge in [-0.2, -0.15) is 0 Å². The van der Waals surface area contributed by atoms with Gasteiger partial charge in [0.05, 0.1) is 11.9 Å². The Labute approximate surface area is 147 Å². The third kappa shape index (κ3) is 3.56. The van der Waals surface area contributed by atoms with E-state index in [2.05, 4.69) is 43.4 Å². The maximum atomic E-state index is 12.4. The standard InChI is InChI=1S/C16H20BrN5O/c1-11-8-18-5-6-22(11)13-3-4-15(19-9-13)20-14-7-12(17)10-21(2)16(14)23/h3-4,7,9-11,18H,5-6,8H2,1-2H3,(H,19,20)/t11-/m0/s1/i2D3. The lowest BCUT2D eigenvalue weighted by Gasteiger charge is -2.35. The highest BCUT2D eigenvalue weighted by atomic mass is 79.9. The lowest BCUT2D eigenvalue weighted by atomic mass is 10.2. The van der Waals surface area contributed by atoms with Gasteiger partial charge in [0.25, 0.3) is 5.56 Å². The fourth-order valence-corrected chi connectivity index (χ4v) is 3.06. The zero-order chi connectivity index (χ0) is 18.9. The van der Waals surface area contributed by atoms with Gasteiger partial charge >= 0.3 is 0 Å². The Balaban J connectivity index is 1.84. The molecule has 0 aliphatic carbocycles. The third-order valence-corrected chi connectivity index (χ3v) is 4.26. The largest absolute Gasteiger partial charge is 0.365 e. The number of aromatic nitrogens is 2. The molecule has 0 unspecified atom stereocenters. The Morgan fingerprint density at radius 3 is 3.09 bits per heavy atom. The van der Waals surface area contributed by atoms with Crippen LogP contribution >= 0.6 is 15.9 Å². The van der Waals surface area contributed by atoms with Crippen LogP contribution in [0.1, 0.15) is 11.0 Å². The van der Waals surface area contributed by atoms with Gasteiger partial charge in [0.2, 0.25) is 0 Å². The van der Waals surface area contributed by atoms with Crippen molar-refractivity contribution in [2.24, 2.45) is 6.98 Å². The van der Waals surface area contributed by atoms with Gasteiger partial charge in [-0.15, -0.1) is 0 Å². The number of aryl methyl sites for hydroxylation is 1. The summed E-state index contributed by atoms with van der Waals surface area (Å²) >= 11 is 3.24. The molecule has 0 aromatic carbocycles. The molecule has 122 valence electrons. The molecular weight excluding hydrogens is 358 g/mol. The number of nitrogens with one attached hydrogen (secondary N) is 2. The summed E-state index contributed by atoms with van der Waals surface area (Å²) in [5.74, 6) is 0.476. The van der Waals surface area contributed by atoms with Crippen molar-refractivity contribution in [2.75, 3.05) is 29.9 Å². The van der Waals surface area contributed by atoms with E-state index in [1.165, 1.54) is 6.20 Å². The van der Waals surface area contributed by atoms with E-state index in [1.807, 2.05) is 6.07 Å². The van der Waals surface area contributed by atoms with Gasteiger partial charge < -0.3 is 20.1 Å². The van der Waals surface area contributed by atoms with Crippen molar-refractivity contribution in [3.05, 3.63) is 45.4 Å². The first kappa shape index (κ1) is 12.5. The van der Waals surface area contributed by atoms with Gasteiger partial charge in [-0.3, -0.25) is 4.79 Å². The molecule has 1 fully saturated rings. The average Bonchev–Trinajstić information content (AvgIpc) is 2.58. The van der Waals surface area contributed by atoms with Crippen molar-refractivity contribution in [2.45, 2.75) is 13.0 Å². The first-order valence-electron chi connectivity index (χ1n) is 8.89. The molecule has 0 radical (unpaired) electrons. The number of piperazine rings is 1. The Morgan fingerprint density at radius 1 is 1.52 bits per heavy atom. The lowest BCUT2D eigenvalue weighted by molar-refractivity contribution is 0.500. The molecule has 23 heavy (non-hydrogen) atoms. The van der Waals surface area contributed by atoms with Gasteiger partial charge in [-0.25, -0.2) is 4.98 Å². The van der Waals surface area contributed by atoms with E-state index in [9.17, 15) is 4.79 Å². The van der Waals surface area contributed by atoms with Crippen LogP contribution < -0.4 is 21.1 Å². The molecule has 0 spiro atoms. The molecule has 1 aliphatic heterocycles. The van der Waals surface area contributed by atoms with E-state index in [1.54, 1.807) is 18.3 Å². The van der Waals surface area contributed by atoms with Crippen molar-refractivity contribution in [3.8, 4) is 0 Å². The van der Waals surface area contributed by atoms with Crippen LogP contribution in [-0.4, -0.2) is 35.2 Å². The number of halogens is 1. The molecule has 3 rings (SSSR count). The van der Waals surface area contributed by atoms with Crippen LogP contribution in [0.25, 0.3) is 0 Å². The first-order valence-corrected chi connectivity index (χ1v) is 8.18. The Morgan fingerprint density at radius 2 is 2.39 bits per heavy atom. The maximum Gasteiger partial charge on any atom is 0.274 e. The maximum absolute atomic E-state index is 12.4. The second-order valence-electron chi connectivity index (χ2n) is 5.52. The van der Waals surface area contributed by atoms with Crippen LogP contribution in [0.3, 0.4) is 0 Å². The average molecular weight is 381 g/mol. The minimum atomic E-state index is -2.55. The number of hydrogen-bond donors (Lipinski definition) is 2. The molecule has 3 heterocycles. The predicted molar refractivity (Wildman–Crippen MR) is 96.6 cm³/mol. The second-order valence-corrected chi connectivity index (χ2v) is 6.44. The Hall–Kier alpha value is -1.86. The zero-order valence-corrected chi connectivity index (χ0v) is 14.3. The van der Waals surface area contributed by atoms with Gasteiger partial charge in [-0.1, -0.05) is 0 Å². The normalized spacial score (nSPS) is 20.5. The zero-order valence-electron chi connectivity index (χ0n) is 15.7. The second kappa shape index (κ2) is 6.72. The molecule has 6 nitrogen and oxygen atoms in total. The van der Waals surface area contributed by atoms with Crippen molar-refractivity contribution >= 4 is 33.1 Å². The topological polar surface area (TPSA) is 62.2 Å². The summed E-state index contributed by atoms with van der Waals surface area (Å²) < 4.78 is 23.6. The molecule has 1 atom stereocenters. The highest BCUT2D eigenvalue weighted by Gasteiger charge is 2.18. The van der Waals surface area contributed by atoms with Crippen LogP contribution in [0.4, 0.5) is 17.2 Å². The van der Waals surface area contributed by atoms with E-state index in [0.29, 0.717) is 16.3 Å². The van der Waals surface area contributed by atoms with E-state index in [4.69, 9.17) is 4.11 Å². The molecule has 2 aromatic heterocycles. The summed E-state index contributed by atoms with van der Waals surface area (Å²) in [4.78, 5) is 19.0. The number of rotatable bonds is 3. The molecular formula is C16H20BrN5O. The summed E-state index contributed by atoms with van der Waals surface area (Å²) in [7, 11) is 0. The van der Waals surface area contributed by atoms with E-state index >= 15 is 0 Å². The van der Waals surface area contributed by atoms with Crippen molar-refractivity contribution < 1.29 is 4.11 Å². The number of hydrogen-bond acceptors (Lipinski definition) is 5. The van der Waals surface area contributed by atoms with Crippen LogP contribution in [-0.2, 0) is 6.98 Å². The van der Waals surface area contributed by atoms with Gasteiger partial charge in [-0.05, 0) is 41.1 Å². The summed E-state index contributed by atoms with van der Waals surface area (Å²) in [6.07, 6.45) is 3.01. The Bertz CT molecular complexity index is 837. The van der Waals surface area contributed by atoms with Crippen LogP contribution in [0.5, 0.6) is 0 Å². The summed E-state index contributed by atoms with van der Waals surface area (Å²) in [6.45, 7) is 2.36. The third-order valence-electron chi connectivity index (χ3n) is 3.83. The number of pyridine rings is 2. The summed E-state index contributed by atoms with van der Waals surface area (Å²) in [5, 5.41) is 6.26. The van der Waals surface area contributed by atoms with Gasteiger partial charge in [0.15, 0.2) is 0 Å². The molecule has 0 saturated carbocycles. The smallest absolute Gasteiger partial charge is 0.274 e. The monoisotopic (exact) mass is 380 g/mol. The van der Waals surface area contributed by atoms with E-state index in [-0.39, 0.29) is 5.69 Å². The molecule has 2 aromatic rings. The summed E-state index contributed by atoms with van der Waals surface area (Å²) in [5.41, 5.74) is 0.528. The number of nitrogens with zero attached hydrogens (tertiary/aromatic N) is 3. The molecule has 7 heteroatoms. The Kier molecular flexibility index (Phi) is 3.67. The van der Waals surface area contributed by atoms with Gasteiger partial charge in [0.1, 0.15) is 11.5 Å². The highest BCUT2D eigenvalue weighted by molar-refractivity contribution is 9.10. The predicted octanol–water partition coefficient (Wildman–Crippen LogP) is 2.08. The minimum absolute atomic E-state index is 0.145. The van der Waals surface area contributed by atoms with Crippen molar-refractivity contribution in [1.29, 1.82) is 0 Å². The van der Waals surface area contributed by atoms with Crippen molar-refractivity contribution in [3.63, 3.8) is 0 Å². The fraction of sp³-hybridized carbons (Fsp3) is 0.375. The van der Waals surface area contributed by atoms with Gasteiger partial charge in [0, 0.05) is 47.4 Å². The quantitative estimate of drug-likeness (QED) is 0.853. The fourth-order valence-electron chi connectivity index (χ4n) is 2.63. The van der Waals surface area contributed by atoms with Crippen LogP contribution in [0.15, 0.2) is 39.9 Å². The molecule has 1 aliphatic rings. The van der Waals surface area contributed by atoms with Crippen molar-refractivity contribution in [1.82, 2.24) is 14.9 Å². The lowest BCUT2D eigenvalue weighted by Crippen LogP contribution is -2.49. The van der Waals surface area contributed by atoms with Crippen LogP contribution in [0, 0.1) is 0 Å². The highest BCUT2D eigenvalue weighted by Crippen LogP contribution is 2.21. The van der Waals surface area contributed by atoms with Crippen LogP contribution in [0.2, 0.25) is 0 Å². The summed E-state index contributed by atoms with van der Waals surface area (Å²) in [6, 6.07) is 5.64. The molecule has 0 amide bonds. The minimum Gasteiger partial charge on any atom is -0.365 e. The van der Waals surface area contributed by atoms with E-state index < -0.39 is 12.5 Å². The molecule has 1 saturated heterocycles. The number of anilines is 3. The first-order chi connectivity index (χ1) is 12.3. The SMILES string of the molecule is [2H]C([2H])([2H])n1cc(Br)cc(Nc2ccc(N3CCNC[C@@H]3C)cn2)c1=O. The molecule has 2 N–H and O–H groups in total.